The van der Waals surface area contributed by atoms with Gasteiger partial charge in [-0.15, -0.1) is 0 Å². The van der Waals surface area contributed by atoms with E-state index in [9.17, 15) is 0 Å². The fourth-order valence-electron chi connectivity index (χ4n) is 8.31. The number of hydrogen-bond donors (Lipinski definition) is 0. The lowest BCUT2D eigenvalue weighted by atomic mass is 9.95. The first-order chi connectivity index (χ1) is 27.8. The van der Waals surface area contributed by atoms with Crippen LogP contribution in [0, 0.1) is 0 Å². The van der Waals surface area contributed by atoms with E-state index >= 15 is 4.39 Å². The summed E-state index contributed by atoms with van der Waals surface area (Å²) in [5.74, 6) is 2.01. The molecule has 0 aliphatic carbocycles. The van der Waals surface area contributed by atoms with E-state index in [1.165, 1.54) is 0 Å². The quantitative estimate of drug-likeness (QED) is 0.116. The maximum absolute atomic E-state index is 17.8. The van der Waals surface area contributed by atoms with Crippen LogP contribution in [0.4, 0.5) is 4.39 Å². The Morgan fingerprint density at radius 2 is 1.12 bits per heavy atom. The number of aromatic nitrogens is 3. The van der Waals surface area contributed by atoms with Gasteiger partial charge in [0.05, 0.1) is 22.4 Å². The van der Waals surface area contributed by atoms with Gasteiger partial charge in [-0.3, -0.25) is 9.55 Å². The summed E-state index contributed by atoms with van der Waals surface area (Å²) < 4.78 is 26.9. The molecule has 0 spiro atoms. The molecule has 8 rings (SSSR count). The fourth-order valence-corrected chi connectivity index (χ4v) is 12.6. The molecule has 6 aromatic carbocycles. The number of alkyl halides is 1. The summed E-state index contributed by atoms with van der Waals surface area (Å²) in [6.45, 7) is 13.5. The second kappa shape index (κ2) is 15.8. The van der Waals surface area contributed by atoms with Gasteiger partial charge in [-0.25, -0.2) is 9.37 Å². The van der Waals surface area contributed by atoms with Crippen molar-refractivity contribution >= 4 is 27.2 Å². The van der Waals surface area contributed by atoms with Gasteiger partial charge in [0, 0.05) is 44.6 Å². The third kappa shape index (κ3) is 8.52. The number of nitrogens with zero attached hydrogens (tertiary/aromatic N) is 3. The van der Waals surface area contributed by atoms with Crippen molar-refractivity contribution in [1.29, 1.82) is 0 Å². The number of imidazole rings is 1. The number of benzene rings is 6. The van der Waals surface area contributed by atoms with Crippen molar-refractivity contribution in [3.63, 3.8) is 0 Å². The molecule has 8 aromatic rings. The average molecular weight is 796 g/mol. The summed E-state index contributed by atoms with van der Waals surface area (Å²) in [4.78, 5) is 9.97. The highest BCUT2D eigenvalue weighted by molar-refractivity contribution is 6.78. The van der Waals surface area contributed by atoms with Crippen molar-refractivity contribution in [3.05, 3.63) is 176 Å². The molecule has 0 radical (unpaired) electrons. The standard InChI is InChI=1S/C51H50FN3OSi2/c1-57(2,3)35-51(52,36-58(4,5)6)41-31-40(46-27-15-16-30-53-46)33-43(34-41)56-42-24-17-23-39(32-42)50-54-47-28-13-14-29-48(47)55(50)49-44(37-19-9-7-10-20-37)25-18-26-45(49)38-21-11-8-12-22-38/h7-34H,35-36H2,1-6H3. The molecule has 7 heteroatoms. The van der Waals surface area contributed by atoms with E-state index in [4.69, 9.17) is 9.72 Å². The van der Waals surface area contributed by atoms with Crippen molar-refractivity contribution in [2.75, 3.05) is 0 Å². The summed E-state index contributed by atoms with van der Waals surface area (Å²) in [5.41, 5.74) is 9.08. The Labute approximate surface area is 344 Å². The van der Waals surface area contributed by atoms with E-state index in [0.29, 0.717) is 29.2 Å². The zero-order valence-electron chi connectivity index (χ0n) is 34.2. The van der Waals surface area contributed by atoms with Crippen molar-refractivity contribution in [1.82, 2.24) is 14.5 Å². The highest BCUT2D eigenvalue weighted by atomic mass is 28.3. The minimum atomic E-state index is -1.83. The Morgan fingerprint density at radius 3 is 1.74 bits per heavy atom. The predicted molar refractivity (Wildman–Crippen MR) is 246 cm³/mol. The highest BCUT2D eigenvalue weighted by Gasteiger charge is 2.41. The summed E-state index contributed by atoms with van der Waals surface area (Å²) in [7, 11) is -3.65. The van der Waals surface area contributed by atoms with E-state index in [1.807, 2.05) is 60.7 Å². The number of para-hydroxylation sites is 3. The lowest BCUT2D eigenvalue weighted by Gasteiger charge is -2.36. The Hall–Kier alpha value is -5.90. The molecule has 58 heavy (non-hydrogen) atoms. The van der Waals surface area contributed by atoms with Crippen molar-refractivity contribution in [2.24, 2.45) is 0 Å². The molecule has 0 aliphatic heterocycles. The average Bonchev–Trinajstić information content (AvgIpc) is 3.60. The lowest BCUT2D eigenvalue weighted by molar-refractivity contribution is 0.215. The Kier molecular flexibility index (Phi) is 10.6. The zero-order chi connectivity index (χ0) is 40.5. The summed E-state index contributed by atoms with van der Waals surface area (Å²) in [6.07, 6.45) is 1.78. The number of halogens is 1. The highest BCUT2D eigenvalue weighted by Crippen LogP contribution is 2.46. The van der Waals surface area contributed by atoms with Gasteiger partial charge in [0.15, 0.2) is 0 Å². The van der Waals surface area contributed by atoms with E-state index in [1.54, 1.807) is 6.20 Å². The molecule has 0 atom stereocenters. The number of pyridine rings is 1. The van der Waals surface area contributed by atoms with Crippen LogP contribution in [0.15, 0.2) is 170 Å². The van der Waals surface area contributed by atoms with E-state index in [2.05, 4.69) is 152 Å². The number of fused-ring (bicyclic) bond motifs is 1. The normalized spacial score (nSPS) is 12.2. The van der Waals surface area contributed by atoms with Crippen LogP contribution in [0.2, 0.25) is 51.4 Å². The first-order valence-electron chi connectivity index (χ1n) is 20.1. The second-order valence-corrected chi connectivity index (χ2v) is 28.7. The summed E-state index contributed by atoms with van der Waals surface area (Å²) >= 11 is 0. The SMILES string of the molecule is C[Si](C)(C)CC(F)(C[Si](C)(C)C)c1cc(Oc2cccc(-c3nc4ccccc4n3-c3c(-c4ccccc4)cccc3-c3ccccc3)c2)cc(-c2ccccn2)c1. The molecule has 2 aromatic heterocycles. The molecule has 0 fully saturated rings. The molecule has 0 saturated carbocycles. The number of rotatable bonds is 12. The van der Waals surface area contributed by atoms with Crippen molar-refractivity contribution < 1.29 is 9.13 Å². The molecule has 290 valence electrons. The maximum Gasteiger partial charge on any atom is 0.145 e. The minimum absolute atomic E-state index is 0.538. The smallest absolute Gasteiger partial charge is 0.145 e. The van der Waals surface area contributed by atoms with Crippen molar-refractivity contribution in [2.45, 2.75) is 57.0 Å². The molecule has 4 nitrogen and oxygen atoms in total. The van der Waals surface area contributed by atoms with Gasteiger partial charge in [0.2, 0.25) is 0 Å². The van der Waals surface area contributed by atoms with Gasteiger partial charge in [-0.2, -0.15) is 0 Å². The first-order valence-corrected chi connectivity index (χ1v) is 27.5. The molecule has 0 saturated heterocycles. The third-order valence-corrected chi connectivity index (χ3v) is 13.6. The molecule has 2 heterocycles. The number of hydrogen-bond acceptors (Lipinski definition) is 3. The Balaban J connectivity index is 1.29. The van der Waals surface area contributed by atoms with Gasteiger partial charge in [-0.1, -0.05) is 148 Å². The van der Waals surface area contributed by atoms with Crippen molar-refractivity contribution in [3.8, 4) is 62.1 Å². The molecule has 0 aliphatic rings. The topological polar surface area (TPSA) is 39.9 Å². The molecule has 0 amide bonds. The summed E-state index contributed by atoms with van der Waals surface area (Å²) in [6, 6.07) is 56.8. The van der Waals surface area contributed by atoms with E-state index < -0.39 is 21.8 Å². The van der Waals surface area contributed by atoms with Gasteiger partial charge in [0.25, 0.3) is 0 Å². The van der Waals surface area contributed by atoms with E-state index in [-0.39, 0.29) is 0 Å². The zero-order valence-corrected chi connectivity index (χ0v) is 36.2. The van der Waals surface area contributed by atoms with Crippen LogP contribution in [-0.4, -0.2) is 30.7 Å². The van der Waals surface area contributed by atoms with Gasteiger partial charge in [0.1, 0.15) is 23.0 Å². The van der Waals surface area contributed by atoms with Gasteiger partial charge >= 0.3 is 0 Å². The predicted octanol–water partition coefficient (Wildman–Crippen LogP) is 14.7. The van der Waals surface area contributed by atoms with Crippen LogP contribution in [0.1, 0.15) is 5.56 Å². The Bertz CT molecular complexity index is 2610. The van der Waals surface area contributed by atoms with Crippen LogP contribution in [0.25, 0.3) is 61.6 Å². The third-order valence-electron chi connectivity index (χ3n) is 10.3. The lowest BCUT2D eigenvalue weighted by Crippen LogP contribution is -2.38. The minimum Gasteiger partial charge on any atom is -0.457 e. The molecular weight excluding hydrogens is 746 g/mol. The van der Waals surface area contributed by atoms with Crippen LogP contribution in [0.3, 0.4) is 0 Å². The van der Waals surface area contributed by atoms with Crippen LogP contribution in [0.5, 0.6) is 11.5 Å². The fraction of sp³-hybridized carbons (Fsp3) is 0.176. The first kappa shape index (κ1) is 39.0. The summed E-state index contributed by atoms with van der Waals surface area (Å²) in [5, 5.41) is 0. The maximum atomic E-state index is 17.8. The molecular formula is C51H50FN3OSi2. The van der Waals surface area contributed by atoms with E-state index in [0.717, 1.165) is 61.6 Å². The van der Waals surface area contributed by atoms with Crippen LogP contribution in [-0.2, 0) is 5.67 Å². The van der Waals surface area contributed by atoms with Gasteiger partial charge in [-0.05, 0) is 83.4 Å². The largest absolute Gasteiger partial charge is 0.457 e. The van der Waals surface area contributed by atoms with Crippen LogP contribution < -0.4 is 4.74 Å². The Morgan fingerprint density at radius 1 is 0.552 bits per heavy atom. The monoisotopic (exact) mass is 795 g/mol. The van der Waals surface area contributed by atoms with Crippen LogP contribution >= 0.6 is 0 Å². The van der Waals surface area contributed by atoms with Gasteiger partial charge < -0.3 is 4.74 Å². The molecule has 0 bridgehead atoms. The second-order valence-electron chi connectivity index (χ2n) is 17.7. The molecule has 0 unspecified atom stereocenters. The molecule has 0 N–H and O–H groups in total. The number of ether oxygens (including phenoxy) is 1.